The molecule has 6 heteroatoms. The summed E-state index contributed by atoms with van der Waals surface area (Å²) in [7, 11) is 0. The number of halogens is 2. The highest BCUT2D eigenvalue weighted by Crippen LogP contribution is 2.54. The Morgan fingerprint density at radius 3 is 2.53 bits per heavy atom. The zero-order chi connectivity index (χ0) is 11.4. The van der Waals surface area contributed by atoms with Crippen LogP contribution in [0.3, 0.4) is 0 Å². The van der Waals surface area contributed by atoms with Gasteiger partial charge in [0.15, 0.2) is 5.15 Å². The molecule has 0 aromatic carbocycles. The Morgan fingerprint density at radius 1 is 1.53 bits per heavy atom. The molecule has 1 aliphatic rings. The van der Waals surface area contributed by atoms with Gasteiger partial charge in [0, 0.05) is 6.04 Å². The first-order valence-corrected chi connectivity index (χ1v) is 4.92. The maximum atomic E-state index is 13.2. The average Bonchev–Trinajstić information content (AvgIpc) is 2.71. The lowest BCUT2D eigenvalue weighted by atomic mass is 10.2. The Kier molecular flexibility index (Phi) is 2.05. The smallest absolute Gasteiger partial charge is 0.295 e. The number of H-pyrrole nitrogens is 1. The number of aromatic nitrogens is 2. The molecule has 1 atom stereocenters. The molecule has 1 aromatic heterocycles. The van der Waals surface area contributed by atoms with Crippen LogP contribution in [0, 0.1) is 11.2 Å². The highest BCUT2D eigenvalue weighted by atomic mass is 35.5. The van der Waals surface area contributed by atoms with E-state index in [0.717, 1.165) is 4.57 Å². The van der Waals surface area contributed by atoms with Crippen LogP contribution in [0.25, 0.3) is 0 Å². The normalized spacial score (nSPS) is 22.8. The topological polar surface area (TPSA) is 54.9 Å². The second-order valence-electron chi connectivity index (χ2n) is 4.44. The van der Waals surface area contributed by atoms with Gasteiger partial charge in [-0.1, -0.05) is 25.4 Å². The minimum atomic E-state index is -1.10. The van der Waals surface area contributed by atoms with Gasteiger partial charge in [-0.05, 0) is 11.8 Å². The van der Waals surface area contributed by atoms with E-state index in [2.05, 4.69) is 4.98 Å². The Balaban J connectivity index is 2.64. The summed E-state index contributed by atoms with van der Waals surface area (Å²) >= 11 is 5.34. The summed E-state index contributed by atoms with van der Waals surface area (Å²) in [6, 6.07) is -0.236. The van der Waals surface area contributed by atoms with E-state index in [9.17, 15) is 14.0 Å². The summed E-state index contributed by atoms with van der Waals surface area (Å²) in [6.45, 7) is 3.83. The van der Waals surface area contributed by atoms with Gasteiger partial charge in [0.2, 0.25) is 5.82 Å². The first-order valence-electron chi connectivity index (χ1n) is 4.54. The molecule has 0 bridgehead atoms. The Labute approximate surface area is 89.7 Å². The van der Waals surface area contributed by atoms with Gasteiger partial charge in [-0.3, -0.25) is 14.3 Å². The first-order chi connectivity index (χ1) is 6.84. The van der Waals surface area contributed by atoms with Gasteiger partial charge in [0.1, 0.15) is 0 Å². The largest absolute Gasteiger partial charge is 0.329 e. The van der Waals surface area contributed by atoms with Crippen molar-refractivity contribution in [2.45, 2.75) is 26.3 Å². The van der Waals surface area contributed by atoms with Crippen molar-refractivity contribution < 1.29 is 4.39 Å². The lowest BCUT2D eigenvalue weighted by Gasteiger charge is -2.06. The molecule has 4 nitrogen and oxygen atoms in total. The van der Waals surface area contributed by atoms with Crippen LogP contribution < -0.4 is 11.2 Å². The maximum absolute atomic E-state index is 13.2. The third-order valence-corrected chi connectivity index (χ3v) is 3.07. The molecule has 1 heterocycles. The summed E-state index contributed by atoms with van der Waals surface area (Å²) in [5, 5.41) is -0.528. The van der Waals surface area contributed by atoms with Gasteiger partial charge in [-0.15, -0.1) is 0 Å². The van der Waals surface area contributed by atoms with Crippen molar-refractivity contribution in [1.82, 2.24) is 9.55 Å². The number of nitrogens with zero attached hydrogens (tertiary/aromatic N) is 1. The number of aromatic amines is 1. The summed E-state index contributed by atoms with van der Waals surface area (Å²) in [5.41, 5.74) is -1.72. The molecular weight excluding hydrogens is 223 g/mol. The average molecular weight is 233 g/mol. The third kappa shape index (κ3) is 1.51. The molecule has 1 saturated carbocycles. The zero-order valence-electron chi connectivity index (χ0n) is 8.30. The monoisotopic (exact) mass is 232 g/mol. The van der Waals surface area contributed by atoms with Crippen LogP contribution in [0.15, 0.2) is 9.59 Å². The van der Waals surface area contributed by atoms with E-state index in [-0.39, 0.29) is 11.5 Å². The minimum Gasteiger partial charge on any atom is -0.295 e. The molecule has 1 unspecified atom stereocenters. The van der Waals surface area contributed by atoms with Crippen molar-refractivity contribution in [2.24, 2.45) is 5.41 Å². The molecule has 1 fully saturated rings. The van der Waals surface area contributed by atoms with Crippen molar-refractivity contribution >= 4 is 11.6 Å². The minimum absolute atomic E-state index is 0.128. The van der Waals surface area contributed by atoms with Crippen molar-refractivity contribution in [3.8, 4) is 0 Å². The predicted octanol–water partition coefficient (Wildman–Crippen LogP) is 1.30. The van der Waals surface area contributed by atoms with Gasteiger partial charge in [-0.25, -0.2) is 4.79 Å². The van der Waals surface area contributed by atoms with Crippen LogP contribution in [0.2, 0.25) is 5.15 Å². The molecule has 82 valence electrons. The molecule has 0 saturated heterocycles. The molecule has 15 heavy (non-hydrogen) atoms. The van der Waals surface area contributed by atoms with Gasteiger partial charge in [-0.2, -0.15) is 4.39 Å². The van der Waals surface area contributed by atoms with E-state index < -0.39 is 22.2 Å². The van der Waals surface area contributed by atoms with Crippen molar-refractivity contribution in [1.29, 1.82) is 0 Å². The van der Waals surface area contributed by atoms with Gasteiger partial charge in [0.25, 0.3) is 5.56 Å². The van der Waals surface area contributed by atoms with Crippen LogP contribution in [0.5, 0.6) is 0 Å². The van der Waals surface area contributed by atoms with Crippen LogP contribution in [-0.4, -0.2) is 9.55 Å². The van der Waals surface area contributed by atoms with Gasteiger partial charge in [0.05, 0.1) is 0 Å². The predicted molar refractivity (Wildman–Crippen MR) is 53.7 cm³/mol. The molecule has 0 spiro atoms. The van der Waals surface area contributed by atoms with Gasteiger partial charge >= 0.3 is 5.69 Å². The second-order valence-corrected chi connectivity index (χ2v) is 4.82. The van der Waals surface area contributed by atoms with E-state index in [1.807, 2.05) is 13.8 Å². The van der Waals surface area contributed by atoms with Crippen molar-refractivity contribution in [3.63, 3.8) is 0 Å². The number of hydrogen-bond donors (Lipinski definition) is 1. The number of rotatable bonds is 1. The molecule has 0 radical (unpaired) electrons. The van der Waals surface area contributed by atoms with Crippen LogP contribution in [0.4, 0.5) is 4.39 Å². The molecule has 2 rings (SSSR count). The fourth-order valence-corrected chi connectivity index (χ4v) is 1.83. The van der Waals surface area contributed by atoms with Crippen molar-refractivity contribution in [3.05, 3.63) is 31.8 Å². The van der Waals surface area contributed by atoms with Gasteiger partial charge < -0.3 is 0 Å². The number of nitrogens with one attached hydrogen (secondary N) is 1. The third-order valence-electron chi connectivity index (χ3n) is 2.81. The summed E-state index contributed by atoms with van der Waals surface area (Å²) < 4.78 is 14.1. The molecule has 1 N–H and O–H groups in total. The van der Waals surface area contributed by atoms with Crippen LogP contribution in [-0.2, 0) is 0 Å². The molecule has 1 aliphatic carbocycles. The standard InChI is InChI=1S/C9H10ClFN2O2/c1-9(2)3-4(9)13-7(14)5(11)6(10)12-8(13)15/h4H,3H2,1-2H3,(H,12,15). The lowest BCUT2D eigenvalue weighted by Crippen LogP contribution is -2.37. The second kappa shape index (κ2) is 2.95. The highest BCUT2D eigenvalue weighted by Gasteiger charge is 2.48. The molecule has 0 amide bonds. The van der Waals surface area contributed by atoms with E-state index in [0.29, 0.717) is 6.42 Å². The summed E-state index contributed by atoms with van der Waals surface area (Å²) in [6.07, 6.45) is 0.692. The molecule has 0 aliphatic heterocycles. The summed E-state index contributed by atoms with van der Waals surface area (Å²) in [4.78, 5) is 25.0. The zero-order valence-corrected chi connectivity index (χ0v) is 9.06. The highest BCUT2D eigenvalue weighted by molar-refractivity contribution is 6.29. The summed E-state index contributed by atoms with van der Waals surface area (Å²) in [5.74, 6) is -1.10. The fourth-order valence-electron chi connectivity index (χ4n) is 1.66. The van der Waals surface area contributed by atoms with E-state index in [4.69, 9.17) is 11.6 Å². The van der Waals surface area contributed by atoms with Crippen molar-refractivity contribution in [2.75, 3.05) is 0 Å². The SMILES string of the molecule is CC1(C)CC1n1c(=O)[nH]c(Cl)c(F)c1=O. The van der Waals surface area contributed by atoms with E-state index in [1.165, 1.54) is 0 Å². The fraction of sp³-hybridized carbons (Fsp3) is 0.556. The lowest BCUT2D eigenvalue weighted by molar-refractivity contribution is 0.485. The first kappa shape index (κ1) is 10.4. The van der Waals surface area contributed by atoms with Crippen LogP contribution in [0.1, 0.15) is 26.3 Å². The Hall–Kier alpha value is -1.10. The molecular formula is C9H10ClFN2O2. The van der Waals surface area contributed by atoms with E-state index >= 15 is 0 Å². The van der Waals surface area contributed by atoms with E-state index in [1.54, 1.807) is 0 Å². The Bertz CT molecular complexity index is 532. The number of hydrogen-bond acceptors (Lipinski definition) is 2. The van der Waals surface area contributed by atoms with Crippen LogP contribution >= 0.6 is 11.6 Å². The maximum Gasteiger partial charge on any atom is 0.329 e. The molecule has 1 aromatic rings. The quantitative estimate of drug-likeness (QED) is 0.742. The Morgan fingerprint density at radius 2 is 2.07 bits per heavy atom.